The number of hydrogen-bond acceptors (Lipinski definition) is 5. The summed E-state index contributed by atoms with van der Waals surface area (Å²) in [5.41, 5.74) is 5.68. The fourth-order valence-electron chi connectivity index (χ4n) is 3.58. The summed E-state index contributed by atoms with van der Waals surface area (Å²) in [6.07, 6.45) is 0.991. The average Bonchev–Trinajstić information content (AvgIpc) is 3.38. The Labute approximate surface area is 180 Å². The van der Waals surface area contributed by atoms with Crippen molar-refractivity contribution in [3.05, 3.63) is 64.0 Å². The zero-order valence-corrected chi connectivity index (χ0v) is 18.7. The number of benzene rings is 1. The van der Waals surface area contributed by atoms with Crippen LogP contribution < -0.4 is 5.32 Å². The molecule has 0 saturated heterocycles. The van der Waals surface area contributed by atoms with Crippen LogP contribution in [0.3, 0.4) is 0 Å². The van der Waals surface area contributed by atoms with Crippen molar-refractivity contribution in [3.8, 4) is 10.7 Å². The molecule has 0 fully saturated rings. The van der Waals surface area contributed by atoms with Crippen LogP contribution in [0.2, 0.25) is 0 Å². The molecular formula is C22H24N4OS2. The molecule has 2 aromatic heterocycles. The molecule has 3 aromatic rings. The minimum atomic E-state index is -0.133. The second-order valence-electron chi connectivity index (χ2n) is 7.28. The highest BCUT2D eigenvalue weighted by molar-refractivity contribution is 7.80. The van der Waals surface area contributed by atoms with Gasteiger partial charge in [0.05, 0.1) is 16.5 Å². The first-order valence-electron chi connectivity index (χ1n) is 9.73. The van der Waals surface area contributed by atoms with Gasteiger partial charge in [-0.1, -0.05) is 36.3 Å². The van der Waals surface area contributed by atoms with Crippen LogP contribution >= 0.6 is 23.6 Å². The van der Waals surface area contributed by atoms with Crippen LogP contribution in [0.4, 0.5) is 0 Å². The van der Waals surface area contributed by atoms with Gasteiger partial charge in [-0.25, -0.2) is 0 Å². The average molecular weight is 425 g/mol. The van der Waals surface area contributed by atoms with Crippen molar-refractivity contribution >= 4 is 34.2 Å². The number of rotatable bonds is 5. The van der Waals surface area contributed by atoms with Crippen LogP contribution in [0.15, 0.2) is 45.9 Å². The van der Waals surface area contributed by atoms with E-state index >= 15 is 0 Å². The lowest BCUT2D eigenvalue weighted by Gasteiger charge is -2.37. The highest BCUT2D eigenvalue weighted by Crippen LogP contribution is 2.38. The van der Waals surface area contributed by atoms with E-state index in [2.05, 4.69) is 61.3 Å². The predicted molar refractivity (Wildman–Crippen MR) is 122 cm³/mol. The standard InChI is InChI=1S/C22H24N4OS2/c1-5-10-26-15(4)18(21-24-20(25-27-21)17-7-6-11-29-17)19(23-22(26)28)16-9-8-13(2)14(3)12-16/h6-9,11-12,19H,5,10H2,1-4H3,(H,23,28). The van der Waals surface area contributed by atoms with E-state index < -0.39 is 0 Å². The molecule has 3 heterocycles. The van der Waals surface area contributed by atoms with Gasteiger partial charge < -0.3 is 14.7 Å². The van der Waals surface area contributed by atoms with Crippen LogP contribution in [-0.2, 0) is 0 Å². The van der Waals surface area contributed by atoms with Gasteiger partial charge in [0.15, 0.2) is 5.11 Å². The summed E-state index contributed by atoms with van der Waals surface area (Å²) in [4.78, 5) is 7.84. The van der Waals surface area contributed by atoms with E-state index in [1.165, 1.54) is 11.1 Å². The lowest BCUT2D eigenvalue weighted by molar-refractivity contribution is 0.396. The quantitative estimate of drug-likeness (QED) is 0.547. The molecule has 1 N–H and O–H groups in total. The summed E-state index contributed by atoms with van der Waals surface area (Å²) in [5, 5.41) is 10.5. The molecule has 29 heavy (non-hydrogen) atoms. The molecule has 7 heteroatoms. The molecule has 0 amide bonds. The first-order chi connectivity index (χ1) is 14.0. The van der Waals surface area contributed by atoms with E-state index in [0.717, 1.165) is 39.8 Å². The Balaban J connectivity index is 1.83. The Morgan fingerprint density at radius 2 is 2.03 bits per heavy atom. The van der Waals surface area contributed by atoms with Crippen LogP contribution in [0, 0.1) is 13.8 Å². The summed E-state index contributed by atoms with van der Waals surface area (Å²) in [5.74, 6) is 1.15. The molecule has 5 nitrogen and oxygen atoms in total. The molecule has 0 bridgehead atoms. The maximum Gasteiger partial charge on any atom is 0.258 e. The predicted octanol–water partition coefficient (Wildman–Crippen LogP) is 5.49. The summed E-state index contributed by atoms with van der Waals surface area (Å²) in [7, 11) is 0. The zero-order valence-electron chi connectivity index (χ0n) is 17.0. The molecule has 0 radical (unpaired) electrons. The number of aromatic nitrogens is 2. The summed E-state index contributed by atoms with van der Waals surface area (Å²) in [6, 6.07) is 10.3. The third kappa shape index (κ3) is 3.72. The minimum Gasteiger partial charge on any atom is -0.351 e. The monoisotopic (exact) mass is 424 g/mol. The number of allylic oxidation sites excluding steroid dienone is 1. The van der Waals surface area contributed by atoms with E-state index in [-0.39, 0.29) is 6.04 Å². The highest BCUT2D eigenvalue weighted by atomic mass is 32.1. The van der Waals surface area contributed by atoms with E-state index in [0.29, 0.717) is 11.7 Å². The Bertz CT molecular complexity index is 1070. The first-order valence-corrected chi connectivity index (χ1v) is 11.0. The van der Waals surface area contributed by atoms with Crippen LogP contribution in [0.5, 0.6) is 0 Å². The van der Waals surface area contributed by atoms with Crippen LogP contribution in [-0.4, -0.2) is 26.7 Å². The summed E-state index contributed by atoms with van der Waals surface area (Å²) < 4.78 is 5.74. The molecule has 0 aliphatic carbocycles. The topological polar surface area (TPSA) is 54.2 Å². The molecule has 0 saturated carbocycles. The van der Waals surface area contributed by atoms with Gasteiger partial charge in [0.2, 0.25) is 5.82 Å². The smallest absolute Gasteiger partial charge is 0.258 e. The van der Waals surface area contributed by atoms with Gasteiger partial charge in [-0.2, -0.15) is 4.98 Å². The van der Waals surface area contributed by atoms with Crippen molar-refractivity contribution in [1.29, 1.82) is 0 Å². The van der Waals surface area contributed by atoms with Gasteiger partial charge in [0.1, 0.15) is 0 Å². The van der Waals surface area contributed by atoms with Crippen molar-refractivity contribution in [2.75, 3.05) is 6.54 Å². The summed E-state index contributed by atoms with van der Waals surface area (Å²) in [6.45, 7) is 9.32. The molecular weight excluding hydrogens is 400 g/mol. The highest BCUT2D eigenvalue weighted by Gasteiger charge is 2.33. The fourth-order valence-corrected chi connectivity index (χ4v) is 4.58. The van der Waals surface area contributed by atoms with E-state index in [9.17, 15) is 0 Å². The SMILES string of the molecule is CCCN1C(=S)NC(c2ccc(C)c(C)c2)C(c2nc(-c3cccs3)no2)=C1C. The van der Waals surface area contributed by atoms with Gasteiger partial charge in [0, 0.05) is 12.2 Å². The number of nitrogens with one attached hydrogen (secondary N) is 1. The van der Waals surface area contributed by atoms with Crippen molar-refractivity contribution in [2.45, 2.75) is 40.2 Å². The molecule has 1 unspecified atom stereocenters. The van der Waals surface area contributed by atoms with E-state index in [1.54, 1.807) is 11.3 Å². The summed E-state index contributed by atoms with van der Waals surface area (Å²) >= 11 is 7.29. The molecule has 4 rings (SSSR count). The number of thiocarbonyl (C=S) groups is 1. The third-order valence-electron chi connectivity index (χ3n) is 5.31. The number of aryl methyl sites for hydroxylation is 2. The Morgan fingerprint density at radius 1 is 1.21 bits per heavy atom. The van der Waals surface area contributed by atoms with Crippen molar-refractivity contribution in [2.24, 2.45) is 0 Å². The van der Waals surface area contributed by atoms with Gasteiger partial charge in [-0.15, -0.1) is 11.3 Å². The first kappa shape index (κ1) is 19.8. The maximum absolute atomic E-state index is 5.74. The molecule has 1 atom stereocenters. The van der Waals surface area contributed by atoms with Crippen LogP contribution in [0.1, 0.15) is 48.9 Å². The lowest BCUT2D eigenvalue weighted by atomic mass is 9.92. The van der Waals surface area contributed by atoms with E-state index in [4.69, 9.17) is 21.7 Å². The molecule has 150 valence electrons. The van der Waals surface area contributed by atoms with Gasteiger partial charge in [0.25, 0.3) is 5.89 Å². The number of nitrogens with zero attached hydrogens (tertiary/aromatic N) is 3. The Morgan fingerprint density at radius 3 is 2.72 bits per heavy atom. The lowest BCUT2D eigenvalue weighted by Crippen LogP contribution is -2.46. The van der Waals surface area contributed by atoms with Crippen molar-refractivity contribution in [3.63, 3.8) is 0 Å². The third-order valence-corrected chi connectivity index (χ3v) is 6.51. The Kier molecular flexibility index (Phi) is 5.52. The molecule has 1 aliphatic rings. The fraction of sp³-hybridized carbons (Fsp3) is 0.318. The normalized spacial score (nSPS) is 17.0. The largest absolute Gasteiger partial charge is 0.351 e. The second-order valence-corrected chi connectivity index (χ2v) is 8.61. The molecule has 1 aromatic carbocycles. The van der Waals surface area contributed by atoms with Crippen molar-refractivity contribution in [1.82, 2.24) is 20.4 Å². The van der Waals surface area contributed by atoms with Crippen molar-refractivity contribution < 1.29 is 4.52 Å². The van der Waals surface area contributed by atoms with Gasteiger partial charge in [-0.3, -0.25) is 0 Å². The van der Waals surface area contributed by atoms with Crippen LogP contribution in [0.25, 0.3) is 16.3 Å². The Hall–Kier alpha value is -2.51. The maximum atomic E-state index is 5.74. The second kappa shape index (κ2) is 8.08. The molecule has 1 aliphatic heterocycles. The molecule has 0 spiro atoms. The van der Waals surface area contributed by atoms with Gasteiger partial charge in [-0.05, 0) is 67.5 Å². The zero-order chi connectivity index (χ0) is 20.5. The van der Waals surface area contributed by atoms with E-state index in [1.807, 2.05) is 17.5 Å². The van der Waals surface area contributed by atoms with Gasteiger partial charge >= 0.3 is 0 Å². The number of hydrogen-bond donors (Lipinski definition) is 1. The number of thiophene rings is 1. The minimum absolute atomic E-state index is 0.133.